The molecule has 0 unspecified atom stereocenters. The number of rotatable bonds is 6. The minimum Gasteiger partial charge on any atom is -0.490 e. The van der Waals surface area contributed by atoms with Gasteiger partial charge in [-0.25, -0.2) is 9.97 Å². The number of nitrogens with zero attached hydrogens (tertiary/aromatic N) is 2. The third kappa shape index (κ3) is 4.10. The molecule has 2 heterocycles. The summed E-state index contributed by atoms with van der Waals surface area (Å²) in [4.78, 5) is 8.83. The average Bonchev–Trinajstić information content (AvgIpc) is 3.47. The molecule has 0 amide bonds. The summed E-state index contributed by atoms with van der Waals surface area (Å²) in [6.45, 7) is 3.38. The van der Waals surface area contributed by atoms with Crippen LogP contribution in [0.2, 0.25) is 0 Å². The molecule has 1 saturated heterocycles. The Balaban J connectivity index is 1.34. The molecule has 0 radical (unpaired) electrons. The molecule has 1 aliphatic heterocycles. The van der Waals surface area contributed by atoms with Crippen molar-refractivity contribution in [2.75, 3.05) is 26.3 Å². The molecule has 4 rings (SSSR count). The summed E-state index contributed by atoms with van der Waals surface area (Å²) >= 11 is 0. The van der Waals surface area contributed by atoms with Crippen molar-refractivity contribution in [2.24, 2.45) is 5.92 Å². The van der Waals surface area contributed by atoms with Crippen molar-refractivity contribution in [3.63, 3.8) is 0 Å². The second-order valence-electron chi connectivity index (χ2n) is 6.57. The average molecular weight is 325 g/mol. The topological polar surface area (TPSA) is 56.3 Å². The molecule has 126 valence electrons. The molecule has 1 aliphatic carbocycles. The van der Waals surface area contributed by atoms with Crippen LogP contribution in [-0.2, 0) is 11.2 Å². The first-order valence-corrected chi connectivity index (χ1v) is 8.72. The van der Waals surface area contributed by atoms with Crippen LogP contribution in [0.5, 0.6) is 5.75 Å². The van der Waals surface area contributed by atoms with Gasteiger partial charge in [-0.05, 0) is 29.9 Å². The molecule has 1 N–H and O–H groups in total. The Morgan fingerprint density at radius 3 is 2.58 bits per heavy atom. The van der Waals surface area contributed by atoms with E-state index in [9.17, 15) is 0 Å². The highest BCUT2D eigenvalue weighted by molar-refractivity contribution is 5.27. The molecule has 1 aromatic heterocycles. The van der Waals surface area contributed by atoms with Crippen LogP contribution in [0.25, 0.3) is 0 Å². The standard InChI is InChI=1S/C19H23N3O2/c1-2-15(1)13-24-17-10-21-19(22-11-17)9-14-3-5-16(6-4-14)18-12-20-7-8-23-18/h3-6,10-11,15,18,20H,1-2,7-9,12-13H2/t18-/m1/s1. The molecule has 1 aromatic carbocycles. The fourth-order valence-corrected chi connectivity index (χ4v) is 2.82. The van der Waals surface area contributed by atoms with Gasteiger partial charge in [0.1, 0.15) is 5.82 Å². The second kappa shape index (κ2) is 7.28. The maximum absolute atomic E-state index is 5.78. The second-order valence-corrected chi connectivity index (χ2v) is 6.57. The highest BCUT2D eigenvalue weighted by atomic mass is 16.5. The van der Waals surface area contributed by atoms with Crippen molar-refractivity contribution >= 4 is 0 Å². The van der Waals surface area contributed by atoms with Gasteiger partial charge in [0.05, 0.1) is 31.7 Å². The summed E-state index contributed by atoms with van der Waals surface area (Å²) in [6.07, 6.45) is 7.02. The van der Waals surface area contributed by atoms with E-state index in [0.29, 0.717) is 0 Å². The number of benzene rings is 1. The predicted octanol–water partition coefficient (Wildman–Crippen LogP) is 2.52. The zero-order chi connectivity index (χ0) is 16.2. The predicted molar refractivity (Wildman–Crippen MR) is 91.1 cm³/mol. The van der Waals surface area contributed by atoms with E-state index in [-0.39, 0.29) is 6.10 Å². The summed E-state index contributed by atoms with van der Waals surface area (Å²) in [5, 5.41) is 3.36. The lowest BCUT2D eigenvalue weighted by Crippen LogP contribution is -2.33. The Morgan fingerprint density at radius 2 is 1.92 bits per heavy atom. The largest absolute Gasteiger partial charge is 0.490 e. The lowest BCUT2D eigenvalue weighted by molar-refractivity contribution is 0.0277. The SMILES string of the molecule is c1cc([C@H]2CNCCO2)ccc1Cc1ncc(OCC2CC2)cn1. The van der Waals surface area contributed by atoms with Crippen molar-refractivity contribution in [3.05, 3.63) is 53.6 Å². The first-order chi connectivity index (χ1) is 11.9. The van der Waals surface area contributed by atoms with E-state index in [4.69, 9.17) is 9.47 Å². The first-order valence-electron chi connectivity index (χ1n) is 8.72. The first kappa shape index (κ1) is 15.5. The van der Waals surface area contributed by atoms with Crippen LogP contribution in [-0.4, -0.2) is 36.3 Å². The van der Waals surface area contributed by atoms with Crippen molar-refractivity contribution in [1.29, 1.82) is 0 Å². The summed E-state index contributed by atoms with van der Waals surface area (Å²) in [5.74, 6) is 2.33. The third-order valence-electron chi connectivity index (χ3n) is 4.51. The van der Waals surface area contributed by atoms with Gasteiger partial charge in [-0.1, -0.05) is 24.3 Å². The van der Waals surface area contributed by atoms with Crippen molar-refractivity contribution in [2.45, 2.75) is 25.4 Å². The van der Waals surface area contributed by atoms with Gasteiger partial charge >= 0.3 is 0 Å². The number of nitrogens with one attached hydrogen (secondary N) is 1. The number of ether oxygens (including phenoxy) is 2. The minimum atomic E-state index is 0.159. The highest BCUT2D eigenvalue weighted by Crippen LogP contribution is 2.29. The van der Waals surface area contributed by atoms with Crippen LogP contribution < -0.4 is 10.1 Å². The highest BCUT2D eigenvalue weighted by Gasteiger charge is 2.22. The minimum absolute atomic E-state index is 0.159. The molecule has 1 saturated carbocycles. The molecule has 0 spiro atoms. The third-order valence-corrected chi connectivity index (χ3v) is 4.51. The van der Waals surface area contributed by atoms with Gasteiger partial charge in [0.25, 0.3) is 0 Å². The maximum atomic E-state index is 5.78. The molecular weight excluding hydrogens is 302 g/mol. The molecule has 24 heavy (non-hydrogen) atoms. The van der Waals surface area contributed by atoms with Gasteiger partial charge in [-0.15, -0.1) is 0 Å². The lowest BCUT2D eigenvalue weighted by Gasteiger charge is -2.24. The lowest BCUT2D eigenvalue weighted by atomic mass is 10.0. The molecule has 2 fully saturated rings. The molecule has 5 heteroatoms. The fraction of sp³-hybridized carbons (Fsp3) is 0.474. The molecule has 2 aliphatic rings. The molecule has 2 aromatic rings. The maximum Gasteiger partial charge on any atom is 0.155 e. The quantitative estimate of drug-likeness (QED) is 0.884. The zero-order valence-corrected chi connectivity index (χ0v) is 13.8. The fourth-order valence-electron chi connectivity index (χ4n) is 2.82. The molecule has 5 nitrogen and oxygen atoms in total. The molecule has 0 bridgehead atoms. The van der Waals surface area contributed by atoms with Gasteiger partial charge in [0.15, 0.2) is 5.75 Å². The zero-order valence-electron chi connectivity index (χ0n) is 13.8. The van der Waals surface area contributed by atoms with Crippen LogP contribution >= 0.6 is 0 Å². The van der Waals surface area contributed by atoms with Gasteiger partial charge in [0.2, 0.25) is 0 Å². The summed E-state index contributed by atoms with van der Waals surface area (Å²) in [6, 6.07) is 8.54. The normalized spacial score (nSPS) is 20.8. The van der Waals surface area contributed by atoms with E-state index >= 15 is 0 Å². The van der Waals surface area contributed by atoms with E-state index in [0.717, 1.165) is 50.2 Å². The smallest absolute Gasteiger partial charge is 0.155 e. The number of hydrogen-bond donors (Lipinski definition) is 1. The van der Waals surface area contributed by atoms with Crippen LogP contribution in [0.3, 0.4) is 0 Å². The Labute approximate surface area is 142 Å². The van der Waals surface area contributed by atoms with Crippen LogP contribution in [0.15, 0.2) is 36.7 Å². The number of aromatic nitrogens is 2. The van der Waals surface area contributed by atoms with Crippen molar-refractivity contribution in [1.82, 2.24) is 15.3 Å². The van der Waals surface area contributed by atoms with E-state index in [1.165, 1.54) is 24.0 Å². The Kier molecular flexibility index (Phi) is 4.71. The van der Waals surface area contributed by atoms with Crippen LogP contribution in [0.4, 0.5) is 0 Å². The van der Waals surface area contributed by atoms with Gasteiger partial charge in [-0.2, -0.15) is 0 Å². The molecule has 1 atom stereocenters. The van der Waals surface area contributed by atoms with Gasteiger partial charge in [0, 0.05) is 19.5 Å². The monoisotopic (exact) mass is 325 g/mol. The summed E-state index contributed by atoms with van der Waals surface area (Å²) < 4.78 is 11.5. The van der Waals surface area contributed by atoms with Crippen LogP contribution in [0, 0.1) is 5.92 Å². The number of morpholine rings is 1. The van der Waals surface area contributed by atoms with Crippen molar-refractivity contribution in [3.8, 4) is 5.75 Å². The van der Waals surface area contributed by atoms with E-state index in [1.807, 2.05) is 0 Å². The molecular formula is C19H23N3O2. The van der Waals surface area contributed by atoms with Crippen molar-refractivity contribution < 1.29 is 9.47 Å². The Bertz CT molecular complexity index is 647. The van der Waals surface area contributed by atoms with Gasteiger partial charge < -0.3 is 14.8 Å². The van der Waals surface area contributed by atoms with Crippen LogP contribution in [0.1, 0.15) is 35.9 Å². The van der Waals surface area contributed by atoms with E-state index in [2.05, 4.69) is 39.6 Å². The summed E-state index contributed by atoms with van der Waals surface area (Å²) in [7, 11) is 0. The van der Waals surface area contributed by atoms with Gasteiger partial charge in [-0.3, -0.25) is 0 Å². The van der Waals surface area contributed by atoms with E-state index < -0.39 is 0 Å². The van der Waals surface area contributed by atoms with E-state index in [1.54, 1.807) is 12.4 Å². The Hall–Kier alpha value is -1.98. The summed E-state index contributed by atoms with van der Waals surface area (Å²) in [5.41, 5.74) is 2.42. The number of hydrogen-bond acceptors (Lipinski definition) is 5. The Morgan fingerprint density at radius 1 is 1.12 bits per heavy atom.